The smallest absolute Gasteiger partial charge is 0.233 e. The molecule has 0 unspecified atom stereocenters. The van der Waals surface area contributed by atoms with Crippen LogP contribution in [0.4, 0.5) is 0 Å². The third-order valence-electron chi connectivity index (χ3n) is 5.81. The van der Waals surface area contributed by atoms with Crippen LogP contribution >= 0.6 is 11.8 Å². The molecule has 0 atom stereocenters. The normalized spacial score (nSPS) is 14.6. The molecule has 7 heteroatoms. The van der Waals surface area contributed by atoms with E-state index in [0.29, 0.717) is 16.7 Å². The molecular formula is C25H30N4O2S. The highest BCUT2D eigenvalue weighted by molar-refractivity contribution is 7.99. The van der Waals surface area contributed by atoms with Gasteiger partial charge in [-0.05, 0) is 44.0 Å². The van der Waals surface area contributed by atoms with E-state index in [1.807, 2.05) is 33.7 Å². The zero-order valence-corrected chi connectivity index (χ0v) is 19.6. The first-order valence-electron chi connectivity index (χ1n) is 11.2. The molecule has 1 aliphatic rings. The van der Waals surface area contributed by atoms with Crippen molar-refractivity contribution in [1.82, 2.24) is 19.7 Å². The molecule has 0 radical (unpaired) electrons. The van der Waals surface area contributed by atoms with Crippen molar-refractivity contribution >= 4 is 17.7 Å². The maximum Gasteiger partial charge on any atom is 0.233 e. The first-order chi connectivity index (χ1) is 15.7. The molecule has 0 N–H and O–H groups in total. The number of carbonyl (C=O) groups is 1. The number of thioether (sulfide) groups is 1. The zero-order chi connectivity index (χ0) is 22.3. The van der Waals surface area contributed by atoms with Crippen LogP contribution in [0.3, 0.4) is 0 Å². The number of hydrogen-bond donors (Lipinski definition) is 0. The van der Waals surface area contributed by atoms with Crippen molar-refractivity contribution in [1.29, 1.82) is 0 Å². The van der Waals surface area contributed by atoms with Crippen LogP contribution in [0, 0.1) is 6.92 Å². The highest BCUT2D eigenvalue weighted by Crippen LogP contribution is 2.33. The Morgan fingerprint density at radius 1 is 0.969 bits per heavy atom. The third kappa shape index (κ3) is 5.15. The maximum atomic E-state index is 12.9. The third-order valence-corrected chi connectivity index (χ3v) is 6.72. The van der Waals surface area contributed by atoms with Gasteiger partial charge in [0.2, 0.25) is 5.91 Å². The van der Waals surface area contributed by atoms with Crippen LogP contribution in [-0.2, 0) is 4.79 Å². The van der Waals surface area contributed by atoms with Crippen molar-refractivity contribution in [2.24, 2.45) is 0 Å². The van der Waals surface area contributed by atoms with Crippen LogP contribution in [0.1, 0.15) is 37.7 Å². The van der Waals surface area contributed by atoms with E-state index < -0.39 is 0 Å². The summed E-state index contributed by atoms with van der Waals surface area (Å²) in [5, 5.41) is 9.67. The van der Waals surface area contributed by atoms with Gasteiger partial charge in [-0.25, -0.2) is 0 Å². The molecule has 4 rings (SSSR count). The van der Waals surface area contributed by atoms with Gasteiger partial charge in [-0.15, -0.1) is 10.2 Å². The van der Waals surface area contributed by atoms with Gasteiger partial charge in [0.25, 0.3) is 0 Å². The first kappa shape index (κ1) is 22.4. The molecule has 6 nitrogen and oxygen atoms in total. The second-order valence-corrected chi connectivity index (χ2v) is 9.06. The number of aryl methyl sites for hydroxylation is 1. The summed E-state index contributed by atoms with van der Waals surface area (Å²) in [6.07, 6.45) is 5.88. The lowest BCUT2D eigenvalue weighted by molar-refractivity contribution is -0.128. The minimum absolute atomic E-state index is 0.175. The molecule has 1 saturated heterocycles. The lowest BCUT2D eigenvalue weighted by atomic mass is 10.1. The molecule has 1 amide bonds. The number of aromatic nitrogens is 3. The van der Waals surface area contributed by atoms with Crippen LogP contribution in [0.5, 0.6) is 5.75 Å². The predicted octanol–water partition coefficient (Wildman–Crippen LogP) is 5.14. The summed E-state index contributed by atoms with van der Waals surface area (Å²) in [6, 6.07) is 16.1. The largest absolute Gasteiger partial charge is 0.496 e. The van der Waals surface area contributed by atoms with E-state index in [1.54, 1.807) is 7.11 Å². The van der Waals surface area contributed by atoms with Crippen LogP contribution in [-0.4, -0.2) is 51.5 Å². The quantitative estimate of drug-likeness (QED) is 0.487. The Kier molecular flexibility index (Phi) is 7.47. The van der Waals surface area contributed by atoms with Crippen LogP contribution < -0.4 is 4.74 Å². The van der Waals surface area contributed by atoms with E-state index in [4.69, 9.17) is 4.74 Å². The summed E-state index contributed by atoms with van der Waals surface area (Å²) in [4.78, 5) is 14.9. The monoisotopic (exact) mass is 450 g/mol. The summed E-state index contributed by atoms with van der Waals surface area (Å²) < 4.78 is 7.59. The average Bonchev–Trinajstić information content (AvgIpc) is 3.21. The number of carbonyl (C=O) groups excluding carboxylic acids is 1. The van der Waals surface area contributed by atoms with Crippen molar-refractivity contribution in [2.75, 3.05) is 26.0 Å². The zero-order valence-electron chi connectivity index (χ0n) is 18.8. The number of amides is 1. The number of hydrogen-bond acceptors (Lipinski definition) is 5. The van der Waals surface area contributed by atoms with Gasteiger partial charge >= 0.3 is 0 Å². The van der Waals surface area contributed by atoms with Crippen molar-refractivity contribution in [3.8, 4) is 22.8 Å². The van der Waals surface area contributed by atoms with Crippen molar-refractivity contribution in [3.05, 3.63) is 54.1 Å². The number of ether oxygens (including phenoxy) is 1. The standard InChI is InChI=1S/C25H30N4O2S/c1-19-12-14-20(15-13-19)29-24(21-10-6-7-11-22(21)31-2)26-27-25(29)32-18-23(30)28-16-8-4-3-5-9-17-28/h6-7,10-15H,3-5,8-9,16-18H2,1-2H3. The first-order valence-corrected chi connectivity index (χ1v) is 12.2. The Morgan fingerprint density at radius 2 is 1.66 bits per heavy atom. The molecule has 32 heavy (non-hydrogen) atoms. The summed E-state index contributed by atoms with van der Waals surface area (Å²) in [5.41, 5.74) is 3.01. The van der Waals surface area contributed by atoms with Crippen molar-refractivity contribution in [3.63, 3.8) is 0 Å². The molecular weight excluding hydrogens is 420 g/mol. The molecule has 0 saturated carbocycles. The highest BCUT2D eigenvalue weighted by Gasteiger charge is 2.21. The van der Waals surface area contributed by atoms with E-state index in [9.17, 15) is 4.79 Å². The molecule has 3 aromatic rings. The van der Waals surface area contributed by atoms with E-state index >= 15 is 0 Å². The van der Waals surface area contributed by atoms with E-state index in [2.05, 4.69) is 41.4 Å². The molecule has 1 fully saturated rings. The van der Waals surface area contributed by atoms with Crippen LogP contribution in [0.15, 0.2) is 53.7 Å². The lowest BCUT2D eigenvalue weighted by Gasteiger charge is -2.24. The van der Waals surface area contributed by atoms with Gasteiger partial charge in [-0.3, -0.25) is 9.36 Å². The summed E-state index contributed by atoms with van der Waals surface area (Å²) in [5.74, 6) is 1.97. The molecule has 0 aliphatic carbocycles. The molecule has 2 aromatic carbocycles. The van der Waals surface area contributed by atoms with Gasteiger partial charge in [0.15, 0.2) is 11.0 Å². The lowest BCUT2D eigenvalue weighted by Crippen LogP contribution is -2.35. The molecule has 2 heterocycles. The summed E-state index contributed by atoms with van der Waals surface area (Å²) in [6.45, 7) is 3.78. The van der Waals surface area contributed by atoms with Gasteiger partial charge in [-0.1, -0.05) is 60.9 Å². The fourth-order valence-electron chi connectivity index (χ4n) is 4.01. The molecule has 0 spiro atoms. The van der Waals surface area contributed by atoms with E-state index in [0.717, 1.165) is 42.9 Å². The Bertz CT molecular complexity index is 1040. The van der Waals surface area contributed by atoms with Gasteiger partial charge in [-0.2, -0.15) is 0 Å². The summed E-state index contributed by atoms with van der Waals surface area (Å²) >= 11 is 1.45. The second-order valence-electron chi connectivity index (χ2n) is 8.11. The topological polar surface area (TPSA) is 60.3 Å². The molecule has 168 valence electrons. The second kappa shape index (κ2) is 10.7. The van der Waals surface area contributed by atoms with Crippen LogP contribution in [0.2, 0.25) is 0 Å². The van der Waals surface area contributed by atoms with Gasteiger partial charge in [0, 0.05) is 18.8 Å². The van der Waals surface area contributed by atoms with E-state index in [1.165, 1.54) is 36.6 Å². The van der Waals surface area contributed by atoms with Gasteiger partial charge in [0.05, 0.1) is 18.4 Å². The Morgan fingerprint density at radius 3 is 2.38 bits per heavy atom. The number of para-hydroxylation sites is 1. The number of methoxy groups -OCH3 is 1. The number of nitrogens with zero attached hydrogens (tertiary/aromatic N) is 4. The molecule has 1 aliphatic heterocycles. The average molecular weight is 451 g/mol. The predicted molar refractivity (Wildman–Crippen MR) is 128 cm³/mol. The van der Waals surface area contributed by atoms with Crippen molar-refractivity contribution in [2.45, 2.75) is 44.2 Å². The number of rotatable bonds is 6. The Balaban J connectivity index is 1.62. The fourth-order valence-corrected chi connectivity index (χ4v) is 4.86. The molecule has 0 bridgehead atoms. The van der Waals surface area contributed by atoms with Gasteiger partial charge < -0.3 is 9.64 Å². The SMILES string of the molecule is COc1ccccc1-c1nnc(SCC(=O)N2CCCCCCC2)n1-c1ccc(C)cc1. The minimum Gasteiger partial charge on any atom is -0.496 e. The highest BCUT2D eigenvalue weighted by atomic mass is 32.2. The Labute approximate surface area is 194 Å². The molecule has 1 aromatic heterocycles. The summed E-state index contributed by atoms with van der Waals surface area (Å²) in [7, 11) is 1.66. The number of benzene rings is 2. The van der Waals surface area contributed by atoms with Crippen LogP contribution in [0.25, 0.3) is 17.1 Å². The maximum absolute atomic E-state index is 12.9. The Hall–Kier alpha value is -2.80. The fraction of sp³-hybridized carbons (Fsp3) is 0.400. The van der Waals surface area contributed by atoms with Gasteiger partial charge in [0.1, 0.15) is 5.75 Å². The minimum atomic E-state index is 0.175. The van der Waals surface area contributed by atoms with E-state index in [-0.39, 0.29) is 5.91 Å². The van der Waals surface area contributed by atoms with Crippen molar-refractivity contribution < 1.29 is 9.53 Å². The number of likely N-dealkylation sites (tertiary alicyclic amines) is 1.